The van der Waals surface area contributed by atoms with E-state index in [1.54, 1.807) is 29.4 Å². The van der Waals surface area contributed by atoms with E-state index in [2.05, 4.69) is 20.2 Å². The molecule has 0 bridgehead atoms. The van der Waals surface area contributed by atoms with Crippen LogP contribution in [-0.4, -0.2) is 24.7 Å². The van der Waals surface area contributed by atoms with Gasteiger partial charge in [0.05, 0.1) is 5.52 Å². The van der Waals surface area contributed by atoms with E-state index >= 15 is 0 Å². The molecule has 0 unspecified atom stereocenters. The molecular formula is C10H6ClN5. The van der Waals surface area contributed by atoms with Crippen molar-refractivity contribution in [2.24, 2.45) is 0 Å². The van der Waals surface area contributed by atoms with Crippen LogP contribution < -0.4 is 0 Å². The first-order valence-corrected chi connectivity index (χ1v) is 4.97. The van der Waals surface area contributed by atoms with E-state index in [1.165, 1.54) is 6.33 Å². The van der Waals surface area contributed by atoms with Gasteiger partial charge in [0.15, 0.2) is 0 Å². The van der Waals surface area contributed by atoms with E-state index in [4.69, 9.17) is 11.6 Å². The van der Waals surface area contributed by atoms with Crippen molar-refractivity contribution >= 4 is 22.5 Å². The molecule has 0 saturated heterocycles. The van der Waals surface area contributed by atoms with Gasteiger partial charge in [0, 0.05) is 10.4 Å². The second-order valence-electron chi connectivity index (χ2n) is 3.23. The average molecular weight is 232 g/mol. The third-order valence-electron chi connectivity index (χ3n) is 2.24. The van der Waals surface area contributed by atoms with E-state index < -0.39 is 0 Å². The van der Waals surface area contributed by atoms with Crippen LogP contribution in [0, 0.1) is 0 Å². The van der Waals surface area contributed by atoms with Crippen LogP contribution >= 0.6 is 11.6 Å². The number of halogens is 1. The summed E-state index contributed by atoms with van der Waals surface area (Å²) in [6, 6.07) is 5.49. The highest BCUT2D eigenvalue weighted by atomic mass is 35.5. The smallest absolute Gasteiger partial charge is 0.150 e. The predicted molar refractivity (Wildman–Crippen MR) is 59.5 cm³/mol. The van der Waals surface area contributed by atoms with Gasteiger partial charge in [-0.25, -0.2) is 9.97 Å². The number of rotatable bonds is 1. The fraction of sp³-hybridized carbons (Fsp3) is 0. The minimum atomic E-state index is 0.654. The normalized spacial score (nSPS) is 10.8. The maximum Gasteiger partial charge on any atom is 0.150 e. The van der Waals surface area contributed by atoms with Gasteiger partial charge in [0.2, 0.25) is 0 Å². The molecule has 0 saturated carbocycles. The zero-order valence-electron chi connectivity index (χ0n) is 8.08. The molecule has 0 aliphatic heterocycles. The van der Waals surface area contributed by atoms with Crippen molar-refractivity contribution < 1.29 is 0 Å². The van der Waals surface area contributed by atoms with Gasteiger partial charge in [-0.1, -0.05) is 11.6 Å². The Morgan fingerprint density at radius 1 is 1.06 bits per heavy atom. The summed E-state index contributed by atoms with van der Waals surface area (Å²) in [7, 11) is 0. The van der Waals surface area contributed by atoms with E-state index in [-0.39, 0.29) is 0 Å². The molecule has 2 aromatic heterocycles. The summed E-state index contributed by atoms with van der Waals surface area (Å²) in [5, 5.41) is 9.06. The molecule has 78 valence electrons. The topological polar surface area (TPSA) is 56.5 Å². The Kier molecular flexibility index (Phi) is 2.04. The van der Waals surface area contributed by atoms with Crippen LogP contribution in [0.3, 0.4) is 0 Å². The van der Waals surface area contributed by atoms with Crippen LogP contribution in [0.15, 0.2) is 37.2 Å². The third-order valence-corrected chi connectivity index (χ3v) is 2.48. The van der Waals surface area contributed by atoms with Crippen LogP contribution in [0.25, 0.3) is 16.7 Å². The van der Waals surface area contributed by atoms with Crippen LogP contribution in [0.2, 0.25) is 5.02 Å². The summed E-state index contributed by atoms with van der Waals surface area (Å²) in [5.41, 5.74) is 0.797. The monoisotopic (exact) mass is 231 g/mol. The first-order chi connectivity index (χ1) is 7.84. The fourth-order valence-electron chi connectivity index (χ4n) is 1.53. The quantitative estimate of drug-likeness (QED) is 0.642. The molecule has 5 nitrogen and oxygen atoms in total. The molecule has 0 radical (unpaired) electrons. The summed E-state index contributed by atoms with van der Waals surface area (Å²) in [6.07, 6.45) is 4.68. The van der Waals surface area contributed by atoms with E-state index in [0.717, 1.165) is 16.7 Å². The molecular weight excluding hydrogens is 226 g/mol. The molecule has 16 heavy (non-hydrogen) atoms. The summed E-state index contributed by atoms with van der Waals surface area (Å²) < 4.78 is 1.73. The lowest BCUT2D eigenvalue weighted by molar-refractivity contribution is 0.991. The molecule has 3 rings (SSSR count). The van der Waals surface area contributed by atoms with Crippen molar-refractivity contribution in [3.63, 3.8) is 0 Å². The van der Waals surface area contributed by atoms with Gasteiger partial charge in [-0.15, -0.1) is 10.2 Å². The highest BCUT2D eigenvalue weighted by Gasteiger charge is 2.05. The van der Waals surface area contributed by atoms with Crippen LogP contribution in [0.4, 0.5) is 0 Å². The minimum absolute atomic E-state index is 0.654. The lowest BCUT2D eigenvalue weighted by atomic mass is 10.2. The number of hydrogen-bond donors (Lipinski definition) is 0. The molecule has 0 aliphatic rings. The largest absolute Gasteiger partial charge is 0.271 e. The predicted octanol–water partition coefficient (Wildman–Crippen LogP) is 1.86. The molecule has 0 amide bonds. The third kappa shape index (κ3) is 1.42. The van der Waals surface area contributed by atoms with Crippen molar-refractivity contribution in [3.8, 4) is 5.82 Å². The number of hydrogen-bond acceptors (Lipinski definition) is 4. The van der Waals surface area contributed by atoms with E-state index in [9.17, 15) is 0 Å². The molecule has 0 fully saturated rings. The van der Waals surface area contributed by atoms with Gasteiger partial charge in [-0.3, -0.25) is 4.57 Å². The Labute approximate surface area is 95.7 Å². The van der Waals surface area contributed by atoms with Crippen LogP contribution in [0.5, 0.6) is 0 Å². The first kappa shape index (κ1) is 9.23. The fourth-order valence-corrected chi connectivity index (χ4v) is 1.70. The number of aromatic nitrogens is 5. The maximum absolute atomic E-state index is 5.90. The number of benzene rings is 1. The minimum Gasteiger partial charge on any atom is -0.271 e. The Hall–Kier alpha value is -2.01. The lowest BCUT2D eigenvalue weighted by Crippen LogP contribution is -1.96. The summed E-state index contributed by atoms with van der Waals surface area (Å²) in [5.74, 6) is 0.742. The molecule has 1 aromatic carbocycles. The Balaban J connectivity index is 2.34. The van der Waals surface area contributed by atoms with E-state index in [0.29, 0.717) is 5.02 Å². The molecule has 6 heteroatoms. The first-order valence-electron chi connectivity index (χ1n) is 4.60. The number of fused-ring (bicyclic) bond motifs is 1. The highest BCUT2D eigenvalue weighted by molar-refractivity contribution is 6.31. The summed E-state index contributed by atoms with van der Waals surface area (Å²) >= 11 is 5.90. The van der Waals surface area contributed by atoms with Crippen molar-refractivity contribution in [2.45, 2.75) is 0 Å². The summed E-state index contributed by atoms with van der Waals surface area (Å²) in [6.45, 7) is 0. The van der Waals surface area contributed by atoms with Gasteiger partial charge in [-0.05, 0) is 18.2 Å². The SMILES string of the molecule is Clc1ccc2c(-n3cnnc3)ncnc2c1. The molecule has 0 spiro atoms. The Bertz CT molecular complexity index is 635. The van der Waals surface area contributed by atoms with Gasteiger partial charge in [-0.2, -0.15) is 0 Å². The van der Waals surface area contributed by atoms with Crippen molar-refractivity contribution in [2.75, 3.05) is 0 Å². The van der Waals surface area contributed by atoms with Gasteiger partial charge < -0.3 is 0 Å². The second-order valence-corrected chi connectivity index (χ2v) is 3.66. The Morgan fingerprint density at radius 2 is 1.88 bits per heavy atom. The number of nitrogens with zero attached hydrogens (tertiary/aromatic N) is 5. The van der Waals surface area contributed by atoms with Gasteiger partial charge in [0.1, 0.15) is 24.8 Å². The molecule has 2 heterocycles. The Morgan fingerprint density at radius 3 is 2.69 bits per heavy atom. The molecule has 0 atom stereocenters. The molecule has 3 aromatic rings. The van der Waals surface area contributed by atoms with Gasteiger partial charge >= 0.3 is 0 Å². The lowest BCUT2D eigenvalue weighted by Gasteiger charge is -2.04. The second kappa shape index (κ2) is 3.53. The van der Waals surface area contributed by atoms with Crippen molar-refractivity contribution in [1.29, 1.82) is 0 Å². The van der Waals surface area contributed by atoms with E-state index in [1.807, 2.05) is 6.07 Å². The van der Waals surface area contributed by atoms with Crippen molar-refractivity contribution in [3.05, 3.63) is 42.2 Å². The van der Waals surface area contributed by atoms with Gasteiger partial charge in [0.25, 0.3) is 0 Å². The molecule has 0 aliphatic carbocycles. The van der Waals surface area contributed by atoms with Crippen LogP contribution in [-0.2, 0) is 0 Å². The highest BCUT2D eigenvalue weighted by Crippen LogP contribution is 2.21. The standard InChI is InChI=1S/C10H6ClN5/c11-7-1-2-8-9(3-7)12-4-13-10(8)16-5-14-15-6-16/h1-6H. The summed E-state index contributed by atoms with van der Waals surface area (Å²) in [4.78, 5) is 8.37. The van der Waals surface area contributed by atoms with Crippen LogP contribution in [0.1, 0.15) is 0 Å². The molecule has 0 N–H and O–H groups in total. The average Bonchev–Trinajstić information content (AvgIpc) is 2.81. The maximum atomic E-state index is 5.90. The zero-order chi connectivity index (χ0) is 11.0. The zero-order valence-corrected chi connectivity index (χ0v) is 8.83. The van der Waals surface area contributed by atoms with Crippen molar-refractivity contribution in [1.82, 2.24) is 24.7 Å².